The van der Waals surface area contributed by atoms with Gasteiger partial charge < -0.3 is 9.84 Å². The van der Waals surface area contributed by atoms with Crippen molar-refractivity contribution in [2.75, 3.05) is 11.9 Å². The maximum absolute atomic E-state index is 5.14. The van der Waals surface area contributed by atoms with Crippen LogP contribution < -0.4 is 5.32 Å². The number of aromatic nitrogens is 3. The topological polar surface area (TPSA) is 63.8 Å². The molecular weight excluding hydrogens is 216 g/mol. The van der Waals surface area contributed by atoms with Crippen LogP contribution >= 0.6 is 0 Å². The van der Waals surface area contributed by atoms with Crippen LogP contribution in [0.5, 0.6) is 0 Å². The Morgan fingerprint density at radius 3 is 2.59 bits per heavy atom. The van der Waals surface area contributed by atoms with E-state index in [1.54, 1.807) is 0 Å². The van der Waals surface area contributed by atoms with Crippen molar-refractivity contribution in [1.29, 1.82) is 0 Å². The lowest BCUT2D eigenvalue weighted by Gasteiger charge is -2.06. The number of rotatable bonds is 3. The first-order chi connectivity index (χ1) is 8.11. The molecule has 2 aromatic heterocycles. The van der Waals surface area contributed by atoms with Crippen LogP contribution in [0.1, 0.15) is 24.1 Å². The quantitative estimate of drug-likeness (QED) is 0.880. The van der Waals surface area contributed by atoms with Gasteiger partial charge in [0.25, 0.3) is 0 Å². The molecule has 0 aromatic carbocycles. The van der Waals surface area contributed by atoms with E-state index in [0.717, 1.165) is 35.1 Å². The molecule has 0 aliphatic carbocycles. The highest BCUT2D eigenvalue weighted by Crippen LogP contribution is 2.24. The Morgan fingerprint density at radius 2 is 2.00 bits per heavy atom. The Balaban J connectivity index is 2.52. The van der Waals surface area contributed by atoms with Gasteiger partial charge in [-0.2, -0.15) is 0 Å². The first-order valence-corrected chi connectivity index (χ1v) is 5.64. The average molecular weight is 232 g/mol. The van der Waals surface area contributed by atoms with E-state index in [9.17, 15) is 0 Å². The fourth-order valence-corrected chi connectivity index (χ4v) is 1.75. The van der Waals surface area contributed by atoms with Crippen molar-refractivity contribution in [2.24, 2.45) is 0 Å². The molecule has 5 nitrogen and oxygen atoms in total. The minimum Gasteiger partial charge on any atom is -0.370 e. The van der Waals surface area contributed by atoms with E-state index in [-0.39, 0.29) is 0 Å². The summed E-state index contributed by atoms with van der Waals surface area (Å²) in [7, 11) is 0. The summed E-state index contributed by atoms with van der Waals surface area (Å²) >= 11 is 0. The molecule has 0 unspecified atom stereocenters. The maximum atomic E-state index is 5.14. The minimum absolute atomic E-state index is 0.664. The van der Waals surface area contributed by atoms with E-state index in [1.807, 2.05) is 33.8 Å². The number of hydrogen-bond acceptors (Lipinski definition) is 5. The number of anilines is 1. The Morgan fingerprint density at radius 1 is 1.24 bits per heavy atom. The fraction of sp³-hybridized carbons (Fsp3) is 0.417. The van der Waals surface area contributed by atoms with Crippen LogP contribution in [0.25, 0.3) is 11.4 Å². The summed E-state index contributed by atoms with van der Waals surface area (Å²) in [6, 6.07) is 1.92. The normalized spacial score (nSPS) is 10.6. The van der Waals surface area contributed by atoms with Gasteiger partial charge in [0.05, 0.1) is 11.3 Å². The van der Waals surface area contributed by atoms with Crippen molar-refractivity contribution in [1.82, 2.24) is 15.1 Å². The molecule has 0 bridgehead atoms. The van der Waals surface area contributed by atoms with Gasteiger partial charge in [0.2, 0.25) is 0 Å². The van der Waals surface area contributed by atoms with Gasteiger partial charge in [-0.15, -0.1) is 0 Å². The van der Waals surface area contributed by atoms with Gasteiger partial charge in [0, 0.05) is 18.3 Å². The van der Waals surface area contributed by atoms with Crippen LogP contribution in [0.3, 0.4) is 0 Å². The largest absolute Gasteiger partial charge is 0.370 e. The molecule has 0 aliphatic rings. The van der Waals surface area contributed by atoms with Crippen molar-refractivity contribution in [2.45, 2.75) is 27.7 Å². The van der Waals surface area contributed by atoms with Gasteiger partial charge in [-0.1, -0.05) is 5.16 Å². The molecule has 0 amide bonds. The number of aryl methyl sites for hydroxylation is 3. The third-order valence-electron chi connectivity index (χ3n) is 2.47. The Kier molecular flexibility index (Phi) is 3.08. The van der Waals surface area contributed by atoms with Gasteiger partial charge in [-0.3, -0.25) is 0 Å². The molecule has 0 fully saturated rings. The van der Waals surface area contributed by atoms with E-state index in [2.05, 4.69) is 20.4 Å². The molecule has 1 N–H and O–H groups in total. The van der Waals surface area contributed by atoms with Crippen LogP contribution in [0.2, 0.25) is 0 Å². The Hall–Kier alpha value is -1.91. The molecule has 0 atom stereocenters. The summed E-state index contributed by atoms with van der Waals surface area (Å²) in [4.78, 5) is 8.89. The van der Waals surface area contributed by atoms with Crippen molar-refractivity contribution >= 4 is 5.82 Å². The zero-order valence-electron chi connectivity index (χ0n) is 10.5. The highest BCUT2D eigenvalue weighted by molar-refractivity contribution is 5.61. The van der Waals surface area contributed by atoms with E-state index in [0.29, 0.717) is 5.82 Å². The summed E-state index contributed by atoms with van der Waals surface area (Å²) in [5, 5.41) is 7.11. The smallest absolute Gasteiger partial charge is 0.167 e. The SMILES string of the molecule is CCNc1cc(C)nc(-c2c(C)noc2C)n1. The molecule has 2 rings (SSSR count). The van der Waals surface area contributed by atoms with Crippen LogP contribution in [0.15, 0.2) is 10.6 Å². The second-order valence-electron chi connectivity index (χ2n) is 3.95. The molecule has 17 heavy (non-hydrogen) atoms. The summed E-state index contributed by atoms with van der Waals surface area (Å²) in [6.07, 6.45) is 0. The number of hydrogen-bond donors (Lipinski definition) is 1. The van der Waals surface area contributed by atoms with Crippen LogP contribution in [0, 0.1) is 20.8 Å². The zero-order chi connectivity index (χ0) is 12.4. The van der Waals surface area contributed by atoms with Crippen LogP contribution in [-0.4, -0.2) is 21.7 Å². The lowest BCUT2D eigenvalue weighted by molar-refractivity contribution is 0.393. The average Bonchev–Trinajstić information content (AvgIpc) is 2.58. The predicted octanol–water partition coefficient (Wildman–Crippen LogP) is 2.49. The van der Waals surface area contributed by atoms with Gasteiger partial charge in [-0.05, 0) is 27.7 Å². The lowest BCUT2D eigenvalue weighted by Crippen LogP contribution is -2.03. The van der Waals surface area contributed by atoms with Crippen molar-refractivity contribution in [3.05, 3.63) is 23.2 Å². The molecule has 2 aromatic rings. The standard InChI is InChI=1S/C12H16N4O/c1-5-13-10-6-7(2)14-12(15-10)11-8(3)16-17-9(11)4/h6H,5H2,1-4H3,(H,13,14,15). The van der Waals surface area contributed by atoms with Gasteiger partial charge in [0.1, 0.15) is 11.6 Å². The highest BCUT2D eigenvalue weighted by Gasteiger charge is 2.15. The maximum Gasteiger partial charge on any atom is 0.167 e. The molecule has 0 radical (unpaired) electrons. The minimum atomic E-state index is 0.664. The highest BCUT2D eigenvalue weighted by atomic mass is 16.5. The van der Waals surface area contributed by atoms with E-state index in [4.69, 9.17) is 4.52 Å². The second kappa shape index (κ2) is 4.53. The van der Waals surface area contributed by atoms with Crippen LogP contribution in [-0.2, 0) is 0 Å². The third-order valence-corrected chi connectivity index (χ3v) is 2.47. The molecule has 0 saturated heterocycles. The van der Waals surface area contributed by atoms with E-state index in [1.165, 1.54) is 0 Å². The molecular formula is C12H16N4O. The molecule has 5 heteroatoms. The Labute approximate surface area is 100 Å². The zero-order valence-corrected chi connectivity index (χ0v) is 10.5. The monoisotopic (exact) mass is 232 g/mol. The molecule has 0 aliphatic heterocycles. The second-order valence-corrected chi connectivity index (χ2v) is 3.95. The first-order valence-electron chi connectivity index (χ1n) is 5.64. The van der Waals surface area contributed by atoms with Crippen molar-refractivity contribution in [3.8, 4) is 11.4 Å². The van der Waals surface area contributed by atoms with E-state index >= 15 is 0 Å². The molecule has 0 spiro atoms. The summed E-state index contributed by atoms with van der Waals surface area (Å²) < 4.78 is 5.14. The Bertz CT molecular complexity index is 514. The van der Waals surface area contributed by atoms with Crippen LogP contribution in [0.4, 0.5) is 5.82 Å². The predicted molar refractivity (Wildman–Crippen MR) is 65.9 cm³/mol. The summed E-state index contributed by atoms with van der Waals surface area (Å²) in [5.41, 5.74) is 2.62. The fourth-order valence-electron chi connectivity index (χ4n) is 1.75. The third kappa shape index (κ3) is 2.27. The van der Waals surface area contributed by atoms with Crippen molar-refractivity contribution in [3.63, 3.8) is 0 Å². The molecule has 90 valence electrons. The summed E-state index contributed by atoms with van der Waals surface area (Å²) in [5.74, 6) is 2.24. The number of nitrogens with one attached hydrogen (secondary N) is 1. The molecule has 0 saturated carbocycles. The van der Waals surface area contributed by atoms with Gasteiger partial charge >= 0.3 is 0 Å². The van der Waals surface area contributed by atoms with Gasteiger partial charge in [0.15, 0.2) is 5.82 Å². The molecule has 2 heterocycles. The van der Waals surface area contributed by atoms with Gasteiger partial charge in [-0.25, -0.2) is 9.97 Å². The summed E-state index contributed by atoms with van der Waals surface area (Å²) in [6.45, 7) is 8.58. The lowest BCUT2D eigenvalue weighted by atomic mass is 10.2. The first kappa shape index (κ1) is 11.6. The van der Waals surface area contributed by atoms with E-state index < -0.39 is 0 Å². The van der Waals surface area contributed by atoms with Crippen molar-refractivity contribution < 1.29 is 4.52 Å². The number of nitrogens with zero attached hydrogens (tertiary/aromatic N) is 3.